The highest BCUT2D eigenvalue weighted by Crippen LogP contribution is 2.44. The first kappa shape index (κ1) is 11.4. The third kappa shape index (κ3) is 1.95. The molecule has 1 nitrogen and oxygen atoms in total. The molecule has 1 saturated carbocycles. The fourth-order valence-corrected chi connectivity index (χ4v) is 4.02. The molecule has 1 N–H and O–H groups in total. The fraction of sp³-hybridized carbons (Fsp3) is 1.00. The lowest BCUT2D eigenvalue weighted by atomic mass is 9.62. The summed E-state index contributed by atoms with van der Waals surface area (Å²) in [5.41, 5.74) is 0.346. The van der Waals surface area contributed by atoms with Crippen LogP contribution in [-0.2, 0) is 0 Å². The van der Waals surface area contributed by atoms with E-state index in [-0.39, 0.29) is 0 Å². The van der Waals surface area contributed by atoms with Gasteiger partial charge in [0.25, 0.3) is 0 Å². The van der Waals surface area contributed by atoms with Crippen molar-refractivity contribution >= 4 is 0 Å². The molecule has 88 valence electrons. The molecule has 4 atom stereocenters. The van der Waals surface area contributed by atoms with Crippen LogP contribution in [0.25, 0.3) is 0 Å². The highest BCUT2D eigenvalue weighted by molar-refractivity contribution is 5.01. The van der Waals surface area contributed by atoms with Gasteiger partial charge in [-0.25, -0.2) is 0 Å². The van der Waals surface area contributed by atoms with Crippen molar-refractivity contribution in [1.82, 2.24) is 5.32 Å². The summed E-state index contributed by atoms with van der Waals surface area (Å²) in [7, 11) is 0. The van der Waals surface area contributed by atoms with E-state index in [1.54, 1.807) is 0 Å². The lowest BCUT2D eigenvalue weighted by Crippen LogP contribution is -2.62. The van der Waals surface area contributed by atoms with E-state index in [0.717, 1.165) is 23.8 Å². The molecule has 15 heavy (non-hydrogen) atoms. The van der Waals surface area contributed by atoms with E-state index >= 15 is 0 Å². The van der Waals surface area contributed by atoms with Crippen LogP contribution >= 0.6 is 0 Å². The molecule has 2 aliphatic rings. The van der Waals surface area contributed by atoms with Crippen LogP contribution in [-0.4, -0.2) is 11.6 Å². The SMILES string of the molecule is CCC1C2CCCCC2NC(C)(C)C1C. The Bertz CT molecular complexity index is 221. The number of nitrogens with one attached hydrogen (secondary N) is 1. The maximum Gasteiger partial charge on any atom is 0.0156 e. The second kappa shape index (κ2) is 4.08. The maximum atomic E-state index is 3.91. The summed E-state index contributed by atoms with van der Waals surface area (Å²) in [5.74, 6) is 2.74. The molecule has 0 amide bonds. The molecule has 0 aromatic heterocycles. The summed E-state index contributed by atoms with van der Waals surface area (Å²) in [6.45, 7) is 9.62. The zero-order valence-electron chi connectivity index (χ0n) is 10.8. The van der Waals surface area contributed by atoms with Crippen molar-refractivity contribution < 1.29 is 0 Å². The van der Waals surface area contributed by atoms with E-state index in [9.17, 15) is 0 Å². The van der Waals surface area contributed by atoms with Gasteiger partial charge in [-0.3, -0.25) is 0 Å². The Kier molecular flexibility index (Phi) is 3.12. The molecule has 1 heteroatoms. The van der Waals surface area contributed by atoms with Gasteiger partial charge in [0, 0.05) is 11.6 Å². The van der Waals surface area contributed by atoms with Crippen molar-refractivity contribution in [2.75, 3.05) is 0 Å². The van der Waals surface area contributed by atoms with Gasteiger partial charge in [-0.1, -0.05) is 33.1 Å². The largest absolute Gasteiger partial charge is 0.308 e. The number of rotatable bonds is 1. The molecular weight excluding hydrogens is 182 g/mol. The smallest absolute Gasteiger partial charge is 0.0156 e. The molecule has 2 fully saturated rings. The highest BCUT2D eigenvalue weighted by Gasteiger charge is 2.45. The van der Waals surface area contributed by atoms with E-state index < -0.39 is 0 Å². The van der Waals surface area contributed by atoms with Crippen molar-refractivity contribution in [3.05, 3.63) is 0 Å². The fourth-order valence-electron chi connectivity index (χ4n) is 4.02. The van der Waals surface area contributed by atoms with Gasteiger partial charge < -0.3 is 5.32 Å². The molecule has 0 aromatic carbocycles. The molecule has 1 aliphatic carbocycles. The molecule has 1 heterocycles. The van der Waals surface area contributed by atoms with Gasteiger partial charge in [-0.2, -0.15) is 0 Å². The summed E-state index contributed by atoms with van der Waals surface area (Å²) in [6.07, 6.45) is 7.16. The van der Waals surface area contributed by atoms with Gasteiger partial charge >= 0.3 is 0 Å². The Balaban J connectivity index is 2.18. The van der Waals surface area contributed by atoms with E-state index in [4.69, 9.17) is 0 Å². The minimum atomic E-state index is 0.346. The van der Waals surface area contributed by atoms with Crippen molar-refractivity contribution in [3.8, 4) is 0 Å². The standard InChI is InChI=1S/C14H27N/c1-5-11-10(2)14(3,4)15-13-9-7-6-8-12(11)13/h10-13,15H,5-9H2,1-4H3. The minimum Gasteiger partial charge on any atom is -0.308 e. The van der Waals surface area contributed by atoms with Crippen LogP contribution in [0, 0.1) is 17.8 Å². The van der Waals surface area contributed by atoms with E-state index in [1.165, 1.54) is 32.1 Å². The summed E-state index contributed by atoms with van der Waals surface area (Å²) in [4.78, 5) is 0. The first-order chi connectivity index (χ1) is 7.06. The Hall–Kier alpha value is -0.0400. The third-order valence-corrected chi connectivity index (χ3v) is 5.18. The molecule has 0 bridgehead atoms. The first-order valence-corrected chi connectivity index (χ1v) is 6.84. The topological polar surface area (TPSA) is 12.0 Å². The van der Waals surface area contributed by atoms with Gasteiger partial charge in [-0.15, -0.1) is 0 Å². The summed E-state index contributed by atoms with van der Waals surface area (Å²) in [6, 6.07) is 0.815. The Morgan fingerprint density at radius 3 is 2.53 bits per heavy atom. The van der Waals surface area contributed by atoms with Crippen LogP contribution in [0.4, 0.5) is 0 Å². The summed E-state index contributed by atoms with van der Waals surface area (Å²) in [5, 5.41) is 3.91. The van der Waals surface area contributed by atoms with Crippen molar-refractivity contribution in [3.63, 3.8) is 0 Å². The van der Waals surface area contributed by atoms with Gasteiger partial charge in [0.15, 0.2) is 0 Å². The second-order valence-electron chi connectivity index (χ2n) is 6.28. The molecule has 2 rings (SSSR count). The Labute approximate surface area is 95.0 Å². The lowest BCUT2D eigenvalue weighted by Gasteiger charge is -2.53. The molecule has 0 spiro atoms. The van der Waals surface area contributed by atoms with Gasteiger partial charge in [0.1, 0.15) is 0 Å². The zero-order chi connectivity index (χ0) is 11.1. The lowest BCUT2D eigenvalue weighted by molar-refractivity contribution is 0.0179. The molecular formula is C14H27N. The first-order valence-electron chi connectivity index (χ1n) is 6.84. The zero-order valence-corrected chi connectivity index (χ0v) is 10.8. The van der Waals surface area contributed by atoms with Crippen molar-refractivity contribution in [2.24, 2.45) is 17.8 Å². The molecule has 4 unspecified atom stereocenters. The normalized spacial score (nSPS) is 44.8. The van der Waals surface area contributed by atoms with E-state index in [2.05, 4.69) is 33.0 Å². The average Bonchev–Trinajstić information content (AvgIpc) is 2.19. The summed E-state index contributed by atoms with van der Waals surface area (Å²) >= 11 is 0. The van der Waals surface area contributed by atoms with Crippen LogP contribution < -0.4 is 5.32 Å². The number of hydrogen-bond donors (Lipinski definition) is 1. The van der Waals surface area contributed by atoms with E-state index in [1.807, 2.05) is 0 Å². The number of piperidine rings is 1. The molecule has 0 radical (unpaired) electrons. The van der Waals surface area contributed by atoms with Crippen LogP contribution in [0.2, 0.25) is 0 Å². The second-order valence-corrected chi connectivity index (χ2v) is 6.28. The van der Waals surface area contributed by atoms with Gasteiger partial charge in [0.05, 0.1) is 0 Å². The quantitative estimate of drug-likeness (QED) is 0.696. The number of hydrogen-bond acceptors (Lipinski definition) is 1. The van der Waals surface area contributed by atoms with Crippen LogP contribution in [0.3, 0.4) is 0 Å². The van der Waals surface area contributed by atoms with Crippen molar-refractivity contribution in [1.29, 1.82) is 0 Å². The highest BCUT2D eigenvalue weighted by atomic mass is 15.0. The van der Waals surface area contributed by atoms with Crippen LogP contribution in [0.5, 0.6) is 0 Å². The van der Waals surface area contributed by atoms with E-state index in [0.29, 0.717) is 5.54 Å². The van der Waals surface area contributed by atoms with Crippen LogP contribution in [0.1, 0.15) is 59.8 Å². The van der Waals surface area contributed by atoms with Gasteiger partial charge in [-0.05, 0) is 44.4 Å². The summed E-state index contributed by atoms with van der Waals surface area (Å²) < 4.78 is 0. The average molecular weight is 209 g/mol. The van der Waals surface area contributed by atoms with Crippen LogP contribution in [0.15, 0.2) is 0 Å². The van der Waals surface area contributed by atoms with Gasteiger partial charge in [0.2, 0.25) is 0 Å². The van der Waals surface area contributed by atoms with Crippen molar-refractivity contribution in [2.45, 2.75) is 71.4 Å². The molecule has 0 aromatic rings. The Morgan fingerprint density at radius 1 is 1.20 bits per heavy atom. The molecule has 1 aliphatic heterocycles. The Morgan fingerprint density at radius 2 is 1.87 bits per heavy atom. The number of fused-ring (bicyclic) bond motifs is 1. The maximum absolute atomic E-state index is 3.91. The predicted molar refractivity (Wildman–Crippen MR) is 65.9 cm³/mol. The third-order valence-electron chi connectivity index (χ3n) is 5.18. The molecule has 1 saturated heterocycles. The predicted octanol–water partition coefficient (Wildman–Crippen LogP) is 3.59. The minimum absolute atomic E-state index is 0.346. The monoisotopic (exact) mass is 209 g/mol.